The lowest BCUT2D eigenvalue weighted by Crippen LogP contribution is -2.33. The summed E-state index contributed by atoms with van der Waals surface area (Å²) in [5.74, 6) is -0.632. The van der Waals surface area contributed by atoms with E-state index in [1.54, 1.807) is 15.3 Å². The minimum Gasteiger partial charge on any atom is -0.381 e. The van der Waals surface area contributed by atoms with Gasteiger partial charge >= 0.3 is 5.69 Å². The average molecular weight is 369 g/mol. The molecule has 136 valence electrons. The molecule has 2 aliphatic heterocycles. The molecule has 0 bridgehead atoms. The zero-order chi connectivity index (χ0) is 17.6. The molecule has 2 aliphatic rings. The maximum absolute atomic E-state index is 13.1. The first-order valence-corrected chi connectivity index (χ1v) is 8.85. The van der Waals surface area contributed by atoms with Crippen molar-refractivity contribution in [2.45, 2.75) is 51.2 Å². The maximum Gasteiger partial charge on any atom is 0.330 e. The molecule has 9 heteroatoms. The van der Waals surface area contributed by atoms with Crippen LogP contribution in [0, 0.1) is 0 Å². The second kappa shape index (κ2) is 6.35. The Morgan fingerprint density at radius 1 is 1.36 bits per heavy atom. The highest BCUT2D eigenvalue weighted by Gasteiger charge is 2.34. The van der Waals surface area contributed by atoms with E-state index in [1.165, 1.54) is 0 Å². The number of hydrogen-bond acceptors (Lipinski definition) is 6. The largest absolute Gasteiger partial charge is 0.381 e. The van der Waals surface area contributed by atoms with Crippen molar-refractivity contribution < 1.29 is 14.2 Å². The monoisotopic (exact) mass is 368 g/mol. The lowest BCUT2D eigenvalue weighted by molar-refractivity contribution is -0.139. The topological polar surface area (TPSA) is 80.4 Å². The van der Waals surface area contributed by atoms with Crippen molar-refractivity contribution in [3.8, 4) is 0 Å². The van der Waals surface area contributed by atoms with E-state index < -0.39 is 5.79 Å². The summed E-state index contributed by atoms with van der Waals surface area (Å²) >= 11 is 5.98. The quantitative estimate of drug-likeness (QED) is 0.768. The fourth-order valence-electron chi connectivity index (χ4n) is 3.54. The highest BCUT2D eigenvalue weighted by molar-refractivity contribution is 6.28. The first-order valence-electron chi connectivity index (χ1n) is 8.47. The first kappa shape index (κ1) is 17.0. The summed E-state index contributed by atoms with van der Waals surface area (Å²) in [5, 5.41) is 0.132. The van der Waals surface area contributed by atoms with Gasteiger partial charge in [-0.05, 0) is 38.3 Å². The summed E-state index contributed by atoms with van der Waals surface area (Å²) in [6, 6.07) is 0.0492. The Kier molecular flexibility index (Phi) is 4.31. The van der Waals surface area contributed by atoms with Gasteiger partial charge in [-0.15, -0.1) is 0 Å². The summed E-state index contributed by atoms with van der Waals surface area (Å²) in [7, 11) is 0. The van der Waals surface area contributed by atoms with Crippen LogP contribution in [0.2, 0.25) is 5.28 Å². The van der Waals surface area contributed by atoms with Gasteiger partial charge in [0, 0.05) is 19.3 Å². The summed E-state index contributed by atoms with van der Waals surface area (Å²) in [5.41, 5.74) is 1.11. The van der Waals surface area contributed by atoms with Gasteiger partial charge in [-0.1, -0.05) is 0 Å². The van der Waals surface area contributed by atoms with Crippen molar-refractivity contribution in [2.24, 2.45) is 0 Å². The number of imidazole rings is 1. The summed E-state index contributed by atoms with van der Waals surface area (Å²) in [4.78, 5) is 21.5. The number of ether oxygens (including phenoxy) is 3. The first-order chi connectivity index (χ1) is 11.9. The number of halogens is 1. The van der Waals surface area contributed by atoms with E-state index in [0.717, 1.165) is 12.8 Å². The van der Waals surface area contributed by atoms with Crippen LogP contribution in [0.3, 0.4) is 0 Å². The highest BCUT2D eigenvalue weighted by Crippen LogP contribution is 2.26. The Morgan fingerprint density at radius 2 is 2.12 bits per heavy atom. The van der Waals surface area contributed by atoms with Crippen LogP contribution in [0.15, 0.2) is 11.0 Å². The minimum atomic E-state index is -0.632. The summed E-state index contributed by atoms with van der Waals surface area (Å²) in [6.45, 7) is 5.83. The summed E-state index contributed by atoms with van der Waals surface area (Å²) in [6.07, 6.45) is 2.95. The molecule has 2 saturated heterocycles. The van der Waals surface area contributed by atoms with Gasteiger partial charge in [0.25, 0.3) is 0 Å². The highest BCUT2D eigenvalue weighted by atomic mass is 35.5. The van der Waals surface area contributed by atoms with Crippen molar-refractivity contribution in [3.63, 3.8) is 0 Å². The summed E-state index contributed by atoms with van der Waals surface area (Å²) < 4.78 is 20.3. The van der Waals surface area contributed by atoms with Gasteiger partial charge in [-0.2, -0.15) is 4.98 Å². The van der Waals surface area contributed by atoms with Crippen LogP contribution in [-0.4, -0.2) is 50.8 Å². The van der Waals surface area contributed by atoms with Crippen LogP contribution >= 0.6 is 11.6 Å². The van der Waals surface area contributed by atoms with Crippen LogP contribution in [0.25, 0.3) is 11.2 Å². The normalized spacial score (nSPS) is 24.2. The lowest BCUT2D eigenvalue weighted by Gasteiger charge is -2.22. The Labute approximate surface area is 149 Å². The lowest BCUT2D eigenvalue weighted by atomic mass is 10.1. The average Bonchev–Trinajstić information content (AvgIpc) is 3.05. The Balaban J connectivity index is 1.76. The van der Waals surface area contributed by atoms with E-state index in [-0.39, 0.29) is 23.1 Å². The molecule has 25 heavy (non-hydrogen) atoms. The number of nitrogens with zero attached hydrogens (tertiary/aromatic N) is 4. The molecular formula is C16H21ClN4O4. The van der Waals surface area contributed by atoms with Crippen LogP contribution < -0.4 is 5.69 Å². The van der Waals surface area contributed by atoms with Crippen LogP contribution in [0.1, 0.15) is 32.7 Å². The number of aromatic nitrogens is 4. The third-order valence-corrected chi connectivity index (χ3v) is 4.87. The zero-order valence-corrected chi connectivity index (χ0v) is 15.0. The third-order valence-electron chi connectivity index (χ3n) is 4.69. The van der Waals surface area contributed by atoms with Crippen molar-refractivity contribution >= 4 is 22.8 Å². The fourth-order valence-corrected chi connectivity index (χ4v) is 3.67. The molecular weight excluding hydrogens is 348 g/mol. The standard InChI is InChI=1S/C16H21ClN4O4/c1-16(2)24-9-11(25-16)8-20-12-7-18-14(17)19-13(12)21(15(20)22)10-3-5-23-6-4-10/h7,10-11H,3-6,8-9H2,1-2H3. The Hall–Kier alpha value is -1.48. The van der Waals surface area contributed by atoms with Gasteiger partial charge in [0.15, 0.2) is 11.4 Å². The Morgan fingerprint density at radius 3 is 2.80 bits per heavy atom. The van der Waals surface area contributed by atoms with Gasteiger partial charge in [0.1, 0.15) is 11.6 Å². The van der Waals surface area contributed by atoms with Gasteiger partial charge in [0.2, 0.25) is 5.28 Å². The molecule has 4 rings (SSSR count). The molecule has 8 nitrogen and oxygen atoms in total. The van der Waals surface area contributed by atoms with Gasteiger partial charge < -0.3 is 14.2 Å². The molecule has 4 heterocycles. The van der Waals surface area contributed by atoms with Gasteiger partial charge in [-0.3, -0.25) is 9.13 Å². The van der Waals surface area contributed by atoms with E-state index in [1.807, 2.05) is 13.8 Å². The predicted octanol–water partition coefficient (Wildman–Crippen LogP) is 1.75. The molecule has 0 N–H and O–H groups in total. The number of hydrogen-bond donors (Lipinski definition) is 0. The molecule has 0 radical (unpaired) electrons. The zero-order valence-electron chi connectivity index (χ0n) is 14.3. The van der Waals surface area contributed by atoms with Crippen LogP contribution in [-0.2, 0) is 20.8 Å². The van der Waals surface area contributed by atoms with Gasteiger partial charge in [0.05, 0.1) is 19.3 Å². The molecule has 0 aromatic carbocycles. The fraction of sp³-hybridized carbons (Fsp3) is 0.688. The van der Waals surface area contributed by atoms with E-state index >= 15 is 0 Å². The SMILES string of the molecule is CC1(C)OCC(Cn2c(=O)n(C3CCOCC3)c3nc(Cl)ncc32)O1. The van der Waals surface area contributed by atoms with Gasteiger partial charge in [-0.25, -0.2) is 9.78 Å². The maximum atomic E-state index is 13.1. The minimum absolute atomic E-state index is 0.0492. The van der Waals surface area contributed by atoms with E-state index in [0.29, 0.717) is 37.5 Å². The number of fused-ring (bicyclic) bond motifs is 1. The van der Waals surface area contributed by atoms with Crippen molar-refractivity contribution in [1.29, 1.82) is 0 Å². The van der Waals surface area contributed by atoms with E-state index in [2.05, 4.69) is 9.97 Å². The second-order valence-electron chi connectivity index (χ2n) is 6.91. The Bertz CT molecular complexity index is 841. The van der Waals surface area contributed by atoms with Crippen molar-refractivity contribution in [2.75, 3.05) is 19.8 Å². The van der Waals surface area contributed by atoms with E-state index in [9.17, 15) is 4.79 Å². The molecule has 2 fully saturated rings. The molecule has 0 aliphatic carbocycles. The van der Waals surface area contributed by atoms with Crippen molar-refractivity contribution in [3.05, 3.63) is 22.0 Å². The molecule has 2 aromatic rings. The van der Waals surface area contributed by atoms with Crippen LogP contribution in [0.4, 0.5) is 0 Å². The van der Waals surface area contributed by atoms with Crippen molar-refractivity contribution in [1.82, 2.24) is 19.1 Å². The molecule has 1 unspecified atom stereocenters. The molecule has 1 atom stereocenters. The van der Waals surface area contributed by atoms with Crippen LogP contribution in [0.5, 0.6) is 0 Å². The van der Waals surface area contributed by atoms with E-state index in [4.69, 9.17) is 25.8 Å². The third kappa shape index (κ3) is 3.19. The predicted molar refractivity (Wildman–Crippen MR) is 90.8 cm³/mol. The molecule has 0 amide bonds. The smallest absolute Gasteiger partial charge is 0.330 e. The number of rotatable bonds is 3. The second-order valence-corrected chi connectivity index (χ2v) is 7.24. The molecule has 0 spiro atoms. The molecule has 2 aromatic heterocycles. The molecule has 0 saturated carbocycles.